The van der Waals surface area contributed by atoms with E-state index in [1.165, 1.54) is 0 Å². The van der Waals surface area contributed by atoms with Crippen LogP contribution in [-0.2, 0) is 9.53 Å². The highest BCUT2D eigenvalue weighted by atomic mass is 16.5. The summed E-state index contributed by atoms with van der Waals surface area (Å²) >= 11 is 0. The SMILES string of the molecule is CCOC(=O)C1=C(CN2CCN(CC)CC2)N(C)C(=O)NC1c1ccc(OC)cc1. The maximum Gasteiger partial charge on any atom is 0.338 e. The predicted octanol–water partition coefficient (Wildman–Crippen LogP) is 1.85. The minimum absolute atomic E-state index is 0.230. The third-order valence-corrected chi connectivity index (χ3v) is 5.81. The molecule has 0 saturated carbocycles. The van der Waals surface area contributed by atoms with Gasteiger partial charge in [0.15, 0.2) is 0 Å². The van der Waals surface area contributed by atoms with Crippen LogP contribution in [0.5, 0.6) is 5.75 Å². The zero-order valence-electron chi connectivity index (χ0n) is 18.3. The van der Waals surface area contributed by atoms with E-state index >= 15 is 0 Å². The van der Waals surface area contributed by atoms with Crippen molar-refractivity contribution in [3.63, 3.8) is 0 Å². The number of methoxy groups -OCH3 is 1. The first kappa shape index (κ1) is 22.1. The molecule has 2 amide bonds. The van der Waals surface area contributed by atoms with Crippen LogP contribution in [-0.4, -0.2) is 86.7 Å². The van der Waals surface area contributed by atoms with Gasteiger partial charge in [0.25, 0.3) is 0 Å². The molecule has 1 N–H and O–H groups in total. The third-order valence-electron chi connectivity index (χ3n) is 5.81. The van der Waals surface area contributed by atoms with Crippen LogP contribution in [0.2, 0.25) is 0 Å². The fourth-order valence-corrected chi connectivity index (χ4v) is 3.92. The number of hydrogen-bond acceptors (Lipinski definition) is 6. The Morgan fingerprint density at radius 1 is 1.10 bits per heavy atom. The van der Waals surface area contributed by atoms with Crippen molar-refractivity contribution in [3.8, 4) is 5.75 Å². The Balaban J connectivity index is 1.96. The van der Waals surface area contributed by atoms with Crippen molar-refractivity contribution in [2.24, 2.45) is 0 Å². The Bertz CT molecular complexity index is 785. The maximum absolute atomic E-state index is 13.0. The molecule has 0 aliphatic carbocycles. The molecule has 2 heterocycles. The number of ether oxygens (including phenoxy) is 2. The second kappa shape index (κ2) is 9.95. The number of nitrogens with zero attached hydrogens (tertiary/aromatic N) is 3. The lowest BCUT2D eigenvalue weighted by Crippen LogP contribution is -2.52. The van der Waals surface area contributed by atoms with Gasteiger partial charge in [0.05, 0.1) is 25.3 Å². The summed E-state index contributed by atoms with van der Waals surface area (Å²) in [6, 6.07) is 6.59. The fraction of sp³-hybridized carbons (Fsp3) is 0.545. The average Bonchev–Trinajstić information content (AvgIpc) is 2.77. The molecule has 1 fully saturated rings. The molecule has 1 atom stereocenters. The Morgan fingerprint density at radius 3 is 2.30 bits per heavy atom. The number of likely N-dealkylation sites (N-methyl/N-ethyl adjacent to an activating group) is 2. The van der Waals surface area contributed by atoms with Gasteiger partial charge in [-0.2, -0.15) is 0 Å². The van der Waals surface area contributed by atoms with E-state index in [9.17, 15) is 9.59 Å². The lowest BCUT2D eigenvalue weighted by Gasteiger charge is -2.39. The number of carbonyl (C=O) groups is 2. The highest BCUT2D eigenvalue weighted by molar-refractivity contribution is 5.95. The van der Waals surface area contributed by atoms with Gasteiger partial charge in [-0.05, 0) is 31.2 Å². The minimum Gasteiger partial charge on any atom is -0.497 e. The number of rotatable bonds is 7. The third kappa shape index (κ3) is 4.76. The molecule has 8 nitrogen and oxygen atoms in total. The Morgan fingerprint density at radius 2 is 1.73 bits per heavy atom. The van der Waals surface area contributed by atoms with Crippen molar-refractivity contribution in [2.75, 3.05) is 60.0 Å². The van der Waals surface area contributed by atoms with Gasteiger partial charge in [0.2, 0.25) is 0 Å². The Labute approximate surface area is 178 Å². The first-order chi connectivity index (χ1) is 14.5. The van der Waals surface area contributed by atoms with Crippen LogP contribution < -0.4 is 10.1 Å². The summed E-state index contributed by atoms with van der Waals surface area (Å²) in [6.45, 7) is 9.55. The van der Waals surface area contributed by atoms with E-state index in [1.807, 2.05) is 24.3 Å². The average molecular weight is 417 g/mol. The number of urea groups is 1. The summed E-state index contributed by atoms with van der Waals surface area (Å²) in [6.07, 6.45) is 0. The summed E-state index contributed by atoms with van der Waals surface area (Å²) in [7, 11) is 3.31. The predicted molar refractivity (Wildman–Crippen MR) is 114 cm³/mol. The number of carbonyl (C=O) groups excluding carboxylic acids is 2. The monoisotopic (exact) mass is 416 g/mol. The topological polar surface area (TPSA) is 74.4 Å². The zero-order chi connectivity index (χ0) is 21.7. The van der Waals surface area contributed by atoms with Gasteiger partial charge in [-0.25, -0.2) is 9.59 Å². The van der Waals surface area contributed by atoms with Crippen LogP contribution in [0.15, 0.2) is 35.5 Å². The number of benzene rings is 1. The van der Waals surface area contributed by atoms with Gasteiger partial charge >= 0.3 is 12.0 Å². The zero-order valence-corrected chi connectivity index (χ0v) is 18.3. The molecular formula is C22H32N4O4. The lowest BCUT2D eigenvalue weighted by molar-refractivity contribution is -0.139. The van der Waals surface area contributed by atoms with Crippen molar-refractivity contribution in [1.29, 1.82) is 0 Å². The largest absolute Gasteiger partial charge is 0.497 e. The molecule has 1 aromatic rings. The first-order valence-electron chi connectivity index (χ1n) is 10.5. The molecule has 0 aromatic heterocycles. The van der Waals surface area contributed by atoms with E-state index in [-0.39, 0.29) is 12.6 Å². The number of amides is 2. The molecule has 164 valence electrons. The number of piperazine rings is 1. The quantitative estimate of drug-likeness (QED) is 0.684. The number of hydrogen-bond donors (Lipinski definition) is 1. The number of esters is 1. The van der Waals surface area contributed by atoms with Crippen LogP contribution in [0, 0.1) is 0 Å². The highest BCUT2D eigenvalue weighted by Gasteiger charge is 2.37. The summed E-state index contributed by atoms with van der Waals surface area (Å²) in [5.41, 5.74) is 2.00. The normalized spacial score (nSPS) is 20.9. The molecule has 2 aliphatic rings. The van der Waals surface area contributed by atoms with Gasteiger partial charge < -0.3 is 19.7 Å². The molecular weight excluding hydrogens is 384 g/mol. The summed E-state index contributed by atoms with van der Waals surface area (Å²) in [4.78, 5) is 32.0. The number of nitrogens with one attached hydrogen (secondary N) is 1. The van der Waals surface area contributed by atoms with E-state index in [0.29, 0.717) is 23.6 Å². The van der Waals surface area contributed by atoms with Crippen molar-refractivity contribution < 1.29 is 19.1 Å². The van der Waals surface area contributed by atoms with Crippen molar-refractivity contribution in [3.05, 3.63) is 41.1 Å². The molecule has 0 bridgehead atoms. The molecule has 1 unspecified atom stereocenters. The van der Waals surface area contributed by atoms with Crippen LogP contribution in [0.3, 0.4) is 0 Å². The molecule has 0 radical (unpaired) electrons. The van der Waals surface area contributed by atoms with Crippen LogP contribution in [0.1, 0.15) is 25.5 Å². The molecule has 2 aliphatic heterocycles. The Kier molecular flexibility index (Phi) is 7.33. The van der Waals surface area contributed by atoms with Crippen LogP contribution in [0.25, 0.3) is 0 Å². The Hall–Kier alpha value is -2.58. The van der Waals surface area contributed by atoms with Crippen molar-refractivity contribution >= 4 is 12.0 Å². The standard InChI is InChI=1S/C22H32N4O4/c1-5-25-11-13-26(14-12-25)15-18-19(21(27)30-6-2)20(23-22(28)24(18)3)16-7-9-17(29-4)10-8-16/h7-10,20H,5-6,11-15H2,1-4H3,(H,23,28). The van der Waals surface area contributed by atoms with Gasteiger partial charge in [0.1, 0.15) is 5.75 Å². The van der Waals surface area contributed by atoms with E-state index in [4.69, 9.17) is 9.47 Å². The smallest absolute Gasteiger partial charge is 0.338 e. The first-order valence-corrected chi connectivity index (χ1v) is 10.5. The van der Waals surface area contributed by atoms with Crippen LogP contribution in [0.4, 0.5) is 4.79 Å². The van der Waals surface area contributed by atoms with Crippen LogP contribution >= 0.6 is 0 Å². The van der Waals surface area contributed by atoms with Gasteiger partial charge in [-0.15, -0.1) is 0 Å². The lowest BCUT2D eigenvalue weighted by atomic mass is 9.94. The van der Waals surface area contributed by atoms with E-state index in [0.717, 1.165) is 38.3 Å². The summed E-state index contributed by atoms with van der Waals surface area (Å²) in [5.74, 6) is 0.320. The van der Waals surface area contributed by atoms with Gasteiger partial charge in [-0.1, -0.05) is 19.1 Å². The fourth-order valence-electron chi connectivity index (χ4n) is 3.92. The minimum atomic E-state index is -0.564. The molecule has 0 spiro atoms. The van der Waals surface area contributed by atoms with Gasteiger partial charge in [-0.3, -0.25) is 9.80 Å². The molecule has 3 rings (SSSR count). The molecule has 1 aromatic carbocycles. The van der Waals surface area contributed by atoms with E-state index in [1.54, 1.807) is 26.0 Å². The second-order valence-electron chi connectivity index (χ2n) is 7.51. The molecule has 1 saturated heterocycles. The molecule has 8 heteroatoms. The van der Waals surface area contributed by atoms with Crippen molar-refractivity contribution in [2.45, 2.75) is 19.9 Å². The summed E-state index contributed by atoms with van der Waals surface area (Å²) < 4.78 is 10.6. The van der Waals surface area contributed by atoms with E-state index in [2.05, 4.69) is 22.0 Å². The highest BCUT2D eigenvalue weighted by Crippen LogP contribution is 2.32. The maximum atomic E-state index is 13.0. The molecule has 30 heavy (non-hydrogen) atoms. The summed E-state index contributed by atoms with van der Waals surface area (Å²) in [5, 5.41) is 2.95. The van der Waals surface area contributed by atoms with Gasteiger partial charge in [0, 0.05) is 45.5 Å². The van der Waals surface area contributed by atoms with Crippen molar-refractivity contribution in [1.82, 2.24) is 20.0 Å². The van der Waals surface area contributed by atoms with E-state index < -0.39 is 12.0 Å². The second-order valence-corrected chi connectivity index (χ2v) is 7.51.